The van der Waals surface area contributed by atoms with Crippen LogP contribution in [0.3, 0.4) is 0 Å². The zero-order chi connectivity index (χ0) is 30.2. The quantitative estimate of drug-likeness (QED) is 0.0392. The van der Waals surface area contributed by atoms with Gasteiger partial charge in [0.05, 0.1) is 63.6 Å². The molecule has 0 spiro atoms. The second-order valence-electron chi connectivity index (χ2n) is 10.8. The third kappa shape index (κ3) is 22.1. The monoisotopic (exact) mass is 585 g/mol. The van der Waals surface area contributed by atoms with Gasteiger partial charge in [0, 0.05) is 32.7 Å². The van der Waals surface area contributed by atoms with Gasteiger partial charge in [-0.05, 0) is 51.9 Å². The van der Waals surface area contributed by atoms with Gasteiger partial charge in [0.15, 0.2) is 0 Å². The molecule has 0 heterocycles. The molecule has 0 aromatic rings. The van der Waals surface area contributed by atoms with E-state index in [9.17, 15) is 30.6 Å². The Morgan fingerprint density at radius 2 is 0.500 bits per heavy atom. The topological polar surface area (TPSA) is 212 Å². The number of aliphatic hydroxyl groups is 10. The van der Waals surface area contributed by atoms with Gasteiger partial charge in [-0.3, -0.25) is 9.80 Å². The Morgan fingerprint density at radius 1 is 0.300 bits per heavy atom. The van der Waals surface area contributed by atoms with E-state index in [1.165, 1.54) is 0 Å². The van der Waals surface area contributed by atoms with Crippen molar-refractivity contribution in [3.05, 3.63) is 0 Å². The maximum absolute atomic E-state index is 9.95. The fourth-order valence-corrected chi connectivity index (χ4v) is 4.64. The van der Waals surface area contributed by atoms with Crippen LogP contribution in [0, 0.1) is 0 Å². The van der Waals surface area contributed by atoms with E-state index in [1.54, 1.807) is 0 Å². The van der Waals surface area contributed by atoms with Crippen LogP contribution in [0.2, 0.25) is 0 Å². The molecule has 0 rings (SSSR count). The smallest absolute Gasteiger partial charge is 0.0897 e. The van der Waals surface area contributed by atoms with E-state index in [0.717, 1.165) is 64.5 Å². The zero-order valence-corrected chi connectivity index (χ0v) is 24.3. The van der Waals surface area contributed by atoms with Gasteiger partial charge in [0.25, 0.3) is 0 Å². The van der Waals surface area contributed by atoms with Gasteiger partial charge in [-0.1, -0.05) is 25.7 Å². The third-order valence-corrected chi connectivity index (χ3v) is 6.80. The second kappa shape index (κ2) is 26.1. The van der Waals surface area contributed by atoms with Gasteiger partial charge < -0.3 is 56.0 Å². The molecule has 0 aliphatic heterocycles. The van der Waals surface area contributed by atoms with Gasteiger partial charge >= 0.3 is 0 Å². The Kier molecular flexibility index (Phi) is 25.8. The lowest BCUT2D eigenvalue weighted by atomic mass is 10.1. The van der Waals surface area contributed by atoms with Crippen molar-refractivity contribution in [2.24, 2.45) is 0 Å². The van der Waals surface area contributed by atoms with Crippen LogP contribution in [-0.4, -0.2) is 188 Å². The summed E-state index contributed by atoms with van der Waals surface area (Å²) in [5.41, 5.74) is 0. The largest absolute Gasteiger partial charge is 0.394 e. The molecule has 40 heavy (non-hydrogen) atoms. The summed E-state index contributed by atoms with van der Waals surface area (Å²) in [7, 11) is 0. The van der Waals surface area contributed by atoms with Crippen LogP contribution in [0.5, 0.6) is 0 Å². The summed E-state index contributed by atoms with van der Waals surface area (Å²) in [6.07, 6.45) is 2.95. The van der Waals surface area contributed by atoms with Crippen LogP contribution >= 0.6 is 0 Å². The maximum atomic E-state index is 9.95. The minimum Gasteiger partial charge on any atom is -0.394 e. The molecule has 0 aliphatic carbocycles. The first-order chi connectivity index (χ1) is 19.2. The number of rotatable bonds is 29. The van der Waals surface area contributed by atoms with Gasteiger partial charge in [0.1, 0.15) is 0 Å². The summed E-state index contributed by atoms with van der Waals surface area (Å²) in [5.74, 6) is 0. The lowest BCUT2D eigenvalue weighted by Crippen LogP contribution is -2.40. The van der Waals surface area contributed by atoms with E-state index in [-0.39, 0.29) is 59.2 Å². The average molecular weight is 586 g/mol. The van der Waals surface area contributed by atoms with Crippen LogP contribution in [-0.2, 0) is 0 Å². The predicted octanol–water partition coefficient (Wildman–Crippen LogP) is -3.22. The summed E-state index contributed by atoms with van der Waals surface area (Å²) in [6, 6.07) is 0. The number of hydrogen-bond acceptors (Lipinski definition) is 13. The molecule has 13 heteroatoms. The van der Waals surface area contributed by atoms with Crippen molar-refractivity contribution in [3.63, 3.8) is 0 Å². The highest BCUT2D eigenvalue weighted by Crippen LogP contribution is 2.09. The zero-order valence-electron chi connectivity index (χ0n) is 24.3. The van der Waals surface area contributed by atoms with Crippen molar-refractivity contribution in [2.45, 2.75) is 81.9 Å². The standard InChI is InChI=1S/C27H59N3O10/c31-18-23(36)13-28(9-5-1-3-7-11-29(14-24(37)19-32)15-25(38)20-33)10-6-2-4-8-12-30(16-26(39)21-34)17-27(40)22-35/h23-27,31-40H,1-22H2. The number of aliphatic hydroxyl groups excluding tert-OH is 10. The first-order valence-electron chi connectivity index (χ1n) is 14.8. The molecule has 5 unspecified atom stereocenters. The molecular weight excluding hydrogens is 526 g/mol. The van der Waals surface area contributed by atoms with E-state index < -0.39 is 30.5 Å². The summed E-state index contributed by atoms with van der Waals surface area (Å²) >= 11 is 0. The predicted molar refractivity (Wildman–Crippen MR) is 152 cm³/mol. The van der Waals surface area contributed by atoms with Crippen molar-refractivity contribution in [1.82, 2.24) is 14.7 Å². The van der Waals surface area contributed by atoms with Crippen molar-refractivity contribution in [3.8, 4) is 0 Å². The average Bonchev–Trinajstić information content (AvgIpc) is 2.95. The number of nitrogens with zero attached hydrogens (tertiary/aromatic N) is 3. The van der Waals surface area contributed by atoms with E-state index >= 15 is 0 Å². The minimum absolute atomic E-state index is 0.230. The highest BCUT2D eigenvalue weighted by molar-refractivity contribution is 4.70. The van der Waals surface area contributed by atoms with Crippen molar-refractivity contribution < 1.29 is 51.1 Å². The summed E-state index contributed by atoms with van der Waals surface area (Å²) in [4.78, 5) is 5.84. The molecule has 0 aromatic heterocycles. The lowest BCUT2D eigenvalue weighted by molar-refractivity contribution is 0.0227. The molecule has 0 radical (unpaired) electrons. The number of hydrogen-bond donors (Lipinski definition) is 10. The molecule has 0 aromatic carbocycles. The Morgan fingerprint density at radius 3 is 0.725 bits per heavy atom. The van der Waals surface area contributed by atoms with E-state index in [1.807, 2.05) is 9.80 Å². The molecule has 0 amide bonds. The Bertz CT molecular complexity index is 491. The van der Waals surface area contributed by atoms with Crippen LogP contribution in [0.1, 0.15) is 51.4 Å². The van der Waals surface area contributed by atoms with Crippen LogP contribution in [0.25, 0.3) is 0 Å². The first kappa shape index (κ1) is 39.5. The first-order valence-corrected chi connectivity index (χ1v) is 14.8. The van der Waals surface area contributed by atoms with E-state index in [2.05, 4.69) is 4.90 Å². The molecule has 0 bridgehead atoms. The fourth-order valence-electron chi connectivity index (χ4n) is 4.64. The highest BCUT2D eigenvalue weighted by atomic mass is 16.3. The molecule has 0 fully saturated rings. The lowest BCUT2D eigenvalue weighted by Gasteiger charge is -2.27. The molecule has 10 N–H and O–H groups in total. The summed E-state index contributed by atoms with van der Waals surface area (Å²) in [5, 5.41) is 94.4. The Labute approximate surface area is 239 Å². The second-order valence-corrected chi connectivity index (χ2v) is 10.8. The molecule has 5 atom stereocenters. The van der Waals surface area contributed by atoms with E-state index in [0.29, 0.717) is 19.6 Å². The van der Waals surface area contributed by atoms with Gasteiger partial charge in [-0.2, -0.15) is 0 Å². The maximum Gasteiger partial charge on any atom is 0.0897 e. The Balaban J connectivity index is 4.37. The van der Waals surface area contributed by atoms with Crippen molar-refractivity contribution in [2.75, 3.05) is 91.9 Å². The van der Waals surface area contributed by atoms with Crippen LogP contribution in [0.4, 0.5) is 0 Å². The molecule has 0 saturated heterocycles. The molecule has 13 nitrogen and oxygen atoms in total. The summed E-state index contributed by atoms with van der Waals surface area (Å²) < 4.78 is 0. The van der Waals surface area contributed by atoms with Crippen LogP contribution in [0.15, 0.2) is 0 Å². The molecular formula is C27H59N3O10. The van der Waals surface area contributed by atoms with Crippen LogP contribution < -0.4 is 0 Å². The number of unbranched alkanes of at least 4 members (excludes halogenated alkanes) is 6. The normalized spacial score (nSPS) is 16.1. The Hall–Kier alpha value is -0.520. The summed E-state index contributed by atoms with van der Waals surface area (Å²) in [6.45, 7) is 2.45. The van der Waals surface area contributed by atoms with E-state index in [4.69, 9.17) is 20.4 Å². The van der Waals surface area contributed by atoms with Crippen molar-refractivity contribution >= 4 is 0 Å². The molecule has 242 valence electrons. The van der Waals surface area contributed by atoms with Crippen molar-refractivity contribution in [1.29, 1.82) is 0 Å². The molecule has 0 aliphatic rings. The van der Waals surface area contributed by atoms with Gasteiger partial charge in [-0.25, -0.2) is 0 Å². The van der Waals surface area contributed by atoms with Gasteiger partial charge in [-0.15, -0.1) is 0 Å². The minimum atomic E-state index is -0.894. The fraction of sp³-hybridized carbons (Fsp3) is 1.00. The van der Waals surface area contributed by atoms with Gasteiger partial charge in [0.2, 0.25) is 0 Å². The highest BCUT2D eigenvalue weighted by Gasteiger charge is 2.16. The molecule has 0 saturated carbocycles. The third-order valence-electron chi connectivity index (χ3n) is 6.80. The SMILES string of the molecule is OCC(O)CN(CCCCCCN(CC(O)CO)CC(O)CO)CCCCCCN(CC(O)CO)CC(O)CO.